The first kappa shape index (κ1) is 21.8. The van der Waals surface area contributed by atoms with Gasteiger partial charge < -0.3 is 14.0 Å². The van der Waals surface area contributed by atoms with E-state index in [1.165, 1.54) is 22.5 Å². The molecule has 0 unspecified atom stereocenters. The molecule has 1 aromatic heterocycles. The zero-order chi connectivity index (χ0) is 21.5. The average molecular weight is 422 g/mol. The summed E-state index contributed by atoms with van der Waals surface area (Å²) >= 11 is 0. The van der Waals surface area contributed by atoms with Crippen LogP contribution in [0.5, 0.6) is 5.75 Å². The van der Waals surface area contributed by atoms with Gasteiger partial charge in [0, 0.05) is 26.1 Å². The Kier molecular flexibility index (Phi) is 7.60. The normalized spacial score (nSPS) is 14.9. The topological polar surface area (TPSA) is 39.5 Å². The number of para-hydroxylation sites is 3. The van der Waals surface area contributed by atoms with Crippen molar-refractivity contribution in [2.45, 2.75) is 46.1 Å². The number of ether oxygens (including phenoxy) is 2. The van der Waals surface area contributed by atoms with E-state index in [0.29, 0.717) is 0 Å². The second kappa shape index (κ2) is 10.8. The summed E-state index contributed by atoms with van der Waals surface area (Å²) in [5, 5.41) is 0. The van der Waals surface area contributed by atoms with Gasteiger partial charge in [-0.25, -0.2) is 4.98 Å². The highest BCUT2D eigenvalue weighted by Crippen LogP contribution is 2.23. The van der Waals surface area contributed by atoms with Gasteiger partial charge in [-0.3, -0.25) is 4.90 Å². The molecule has 1 aliphatic heterocycles. The molecule has 3 aromatic rings. The number of aromatic nitrogens is 2. The molecule has 0 bridgehead atoms. The minimum absolute atomic E-state index is 0.755. The van der Waals surface area contributed by atoms with Gasteiger partial charge in [0.2, 0.25) is 0 Å². The highest BCUT2D eigenvalue weighted by atomic mass is 16.5. The number of hydrogen-bond donors (Lipinski definition) is 0. The quantitative estimate of drug-likeness (QED) is 0.442. The summed E-state index contributed by atoms with van der Waals surface area (Å²) in [7, 11) is 0. The molecule has 0 amide bonds. The van der Waals surface area contributed by atoms with Gasteiger partial charge in [0.05, 0.1) is 30.9 Å². The summed E-state index contributed by atoms with van der Waals surface area (Å²) in [5.41, 5.74) is 4.78. The molecule has 166 valence electrons. The van der Waals surface area contributed by atoms with E-state index in [-0.39, 0.29) is 0 Å². The maximum Gasteiger partial charge on any atom is 0.125 e. The fourth-order valence-electron chi connectivity index (χ4n) is 4.42. The standard InChI is InChI=1S/C26H35N3O2/c1-21-9-7-10-22(2)26(21)31-18-6-5-15-29-24-12-4-3-11-23(24)27-25(29)13-8-14-28-16-19-30-20-17-28/h3-4,7,9-12H,5-6,8,13-20H2,1-2H3. The molecule has 0 N–H and O–H groups in total. The molecule has 0 atom stereocenters. The van der Waals surface area contributed by atoms with Crippen molar-refractivity contribution in [3.05, 3.63) is 59.4 Å². The molecule has 0 radical (unpaired) electrons. The lowest BCUT2D eigenvalue weighted by atomic mass is 10.1. The average Bonchev–Trinajstić information content (AvgIpc) is 3.13. The van der Waals surface area contributed by atoms with Crippen LogP contribution in [0.2, 0.25) is 0 Å². The van der Waals surface area contributed by atoms with Crippen molar-refractivity contribution in [1.29, 1.82) is 0 Å². The van der Waals surface area contributed by atoms with Crippen LogP contribution in [0.25, 0.3) is 11.0 Å². The van der Waals surface area contributed by atoms with Crippen LogP contribution >= 0.6 is 0 Å². The van der Waals surface area contributed by atoms with Crippen molar-refractivity contribution in [2.24, 2.45) is 0 Å². The van der Waals surface area contributed by atoms with Gasteiger partial charge in [0.15, 0.2) is 0 Å². The number of aryl methyl sites for hydroxylation is 4. The maximum absolute atomic E-state index is 6.10. The Morgan fingerprint density at radius 1 is 0.903 bits per heavy atom. The Labute approximate surface area is 186 Å². The summed E-state index contributed by atoms with van der Waals surface area (Å²) in [5.74, 6) is 2.25. The van der Waals surface area contributed by atoms with Gasteiger partial charge in [-0.2, -0.15) is 0 Å². The lowest BCUT2D eigenvalue weighted by Gasteiger charge is -2.26. The van der Waals surface area contributed by atoms with Crippen molar-refractivity contribution in [1.82, 2.24) is 14.5 Å². The van der Waals surface area contributed by atoms with Crippen LogP contribution in [0.3, 0.4) is 0 Å². The number of fused-ring (bicyclic) bond motifs is 1. The number of nitrogens with zero attached hydrogens (tertiary/aromatic N) is 3. The number of unbranched alkanes of at least 4 members (excludes halogenated alkanes) is 1. The molecular weight excluding hydrogens is 386 g/mol. The number of morpholine rings is 1. The molecule has 31 heavy (non-hydrogen) atoms. The molecule has 0 spiro atoms. The lowest BCUT2D eigenvalue weighted by molar-refractivity contribution is 0.0374. The van der Waals surface area contributed by atoms with Gasteiger partial charge in [-0.1, -0.05) is 30.3 Å². The van der Waals surface area contributed by atoms with Gasteiger partial charge in [0.1, 0.15) is 11.6 Å². The molecule has 2 heterocycles. The van der Waals surface area contributed by atoms with E-state index in [1.807, 2.05) is 0 Å². The minimum atomic E-state index is 0.755. The van der Waals surface area contributed by atoms with Crippen LogP contribution in [0.15, 0.2) is 42.5 Å². The second-order valence-electron chi connectivity index (χ2n) is 8.50. The van der Waals surface area contributed by atoms with Crippen LogP contribution in [0.4, 0.5) is 0 Å². The molecule has 5 nitrogen and oxygen atoms in total. The van der Waals surface area contributed by atoms with Gasteiger partial charge >= 0.3 is 0 Å². The SMILES string of the molecule is Cc1cccc(C)c1OCCCCn1c(CCCN2CCOCC2)nc2ccccc21. The largest absolute Gasteiger partial charge is 0.493 e. The zero-order valence-electron chi connectivity index (χ0n) is 19.0. The Balaban J connectivity index is 1.32. The third-order valence-corrected chi connectivity index (χ3v) is 6.14. The van der Waals surface area contributed by atoms with Crippen molar-refractivity contribution < 1.29 is 9.47 Å². The zero-order valence-corrected chi connectivity index (χ0v) is 19.0. The van der Waals surface area contributed by atoms with Gasteiger partial charge in [-0.05, 0) is 62.9 Å². The summed E-state index contributed by atoms with van der Waals surface area (Å²) in [6, 6.07) is 14.8. The summed E-state index contributed by atoms with van der Waals surface area (Å²) in [6.45, 7) is 10.9. The Morgan fingerprint density at radius 2 is 1.68 bits per heavy atom. The van der Waals surface area contributed by atoms with E-state index in [0.717, 1.165) is 82.9 Å². The number of benzene rings is 2. The maximum atomic E-state index is 6.10. The molecule has 4 rings (SSSR count). The Bertz CT molecular complexity index is 956. The third kappa shape index (κ3) is 5.66. The number of imidazole rings is 1. The van der Waals surface area contributed by atoms with E-state index in [2.05, 4.69) is 65.8 Å². The molecule has 2 aromatic carbocycles. The highest BCUT2D eigenvalue weighted by molar-refractivity contribution is 5.75. The van der Waals surface area contributed by atoms with E-state index >= 15 is 0 Å². The Hall–Kier alpha value is -2.37. The van der Waals surface area contributed by atoms with E-state index in [9.17, 15) is 0 Å². The monoisotopic (exact) mass is 421 g/mol. The highest BCUT2D eigenvalue weighted by Gasteiger charge is 2.13. The summed E-state index contributed by atoms with van der Waals surface area (Å²) < 4.78 is 14.0. The molecule has 1 fully saturated rings. The predicted octanol–water partition coefficient (Wildman–Crippen LogP) is 4.78. The first-order valence-electron chi connectivity index (χ1n) is 11.7. The third-order valence-electron chi connectivity index (χ3n) is 6.14. The van der Waals surface area contributed by atoms with Crippen molar-refractivity contribution in [3.8, 4) is 5.75 Å². The predicted molar refractivity (Wildman–Crippen MR) is 126 cm³/mol. The summed E-state index contributed by atoms with van der Waals surface area (Å²) in [6.07, 6.45) is 4.28. The molecule has 0 aliphatic carbocycles. The second-order valence-corrected chi connectivity index (χ2v) is 8.50. The van der Waals surface area contributed by atoms with Crippen LogP contribution in [-0.4, -0.2) is 53.9 Å². The lowest BCUT2D eigenvalue weighted by Crippen LogP contribution is -2.37. The minimum Gasteiger partial charge on any atom is -0.493 e. The fraction of sp³-hybridized carbons (Fsp3) is 0.500. The van der Waals surface area contributed by atoms with Crippen LogP contribution in [0.1, 0.15) is 36.2 Å². The van der Waals surface area contributed by atoms with E-state index < -0.39 is 0 Å². The van der Waals surface area contributed by atoms with Gasteiger partial charge in [0.25, 0.3) is 0 Å². The molecular formula is C26H35N3O2. The van der Waals surface area contributed by atoms with Crippen molar-refractivity contribution >= 4 is 11.0 Å². The van der Waals surface area contributed by atoms with Gasteiger partial charge in [-0.15, -0.1) is 0 Å². The van der Waals surface area contributed by atoms with Crippen molar-refractivity contribution in [3.63, 3.8) is 0 Å². The Morgan fingerprint density at radius 3 is 2.48 bits per heavy atom. The van der Waals surface area contributed by atoms with Crippen LogP contribution in [-0.2, 0) is 17.7 Å². The first-order chi connectivity index (χ1) is 15.2. The molecule has 1 aliphatic rings. The molecule has 1 saturated heterocycles. The van der Waals surface area contributed by atoms with Crippen LogP contribution < -0.4 is 4.74 Å². The fourth-order valence-corrected chi connectivity index (χ4v) is 4.42. The first-order valence-corrected chi connectivity index (χ1v) is 11.7. The van der Waals surface area contributed by atoms with E-state index in [4.69, 9.17) is 14.5 Å². The van der Waals surface area contributed by atoms with Crippen LogP contribution in [0, 0.1) is 13.8 Å². The smallest absolute Gasteiger partial charge is 0.125 e. The number of hydrogen-bond acceptors (Lipinski definition) is 4. The van der Waals surface area contributed by atoms with Crippen molar-refractivity contribution in [2.75, 3.05) is 39.5 Å². The molecule has 5 heteroatoms. The van der Waals surface area contributed by atoms with E-state index in [1.54, 1.807) is 0 Å². The molecule has 0 saturated carbocycles. The number of rotatable bonds is 10. The summed E-state index contributed by atoms with van der Waals surface area (Å²) in [4.78, 5) is 7.45.